The van der Waals surface area contributed by atoms with Crippen LogP contribution in [0.2, 0.25) is 0 Å². The molecule has 0 saturated heterocycles. The first kappa shape index (κ1) is 21.7. The summed E-state index contributed by atoms with van der Waals surface area (Å²) in [6, 6.07) is 15.4. The van der Waals surface area contributed by atoms with Gasteiger partial charge in [0, 0.05) is 13.7 Å². The van der Waals surface area contributed by atoms with E-state index < -0.39 is 5.97 Å². The Balaban J connectivity index is 1.73. The molecule has 4 nitrogen and oxygen atoms in total. The van der Waals surface area contributed by atoms with Crippen LogP contribution in [0.1, 0.15) is 44.1 Å². The zero-order chi connectivity index (χ0) is 20.2. The molecule has 2 rings (SSSR count). The largest absolute Gasteiger partial charge is 0.494 e. The van der Waals surface area contributed by atoms with E-state index in [9.17, 15) is 4.79 Å². The van der Waals surface area contributed by atoms with Crippen molar-refractivity contribution < 1.29 is 19.4 Å². The van der Waals surface area contributed by atoms with Gasteiger partial charge < -0.3 is 14.6 Å². The van der Waals surface area contributed by atoms with Gasteiger partial charge in [-0.15, -0.1) is 0 Å². The molecule has 0 heterocycles. The number of hydrogen-bond acceptors (Lipinski definition) is 3. The number of hydrogen-bond donors (Lipinski definition) is 1. The molecule has 0 atom stereocenters. The van der Waals surface area contributed by atoms with Crippen molar-refractivity contribution >= 4 is 11.5 Å². The third-order valence-electron chi connectivity index (χ3n) is 4.69. The van der Waals surface area contributed by atoms with Gasteiger partial charge in [0.05, 0.1) is 12.2 Å². The minimum absolute atomic E-state index is 0.102. The van der Waals surface area contributed by atoms with E-state index in [1.807, 2.05) is 36.4 Å². The maximum Gasteiger partial charge on any atom is 0.335 e. The second kappa shape index (κ2) is 12.0. The lowest BCUT2D eigenvalue weighted by atomic mass is 10.0. The summed E-state index contributed by atoms with van der Waals surface area (Å²) < 4.78 is 10.9. The highest BCUT2D eigenvalue weighted by atomic mass is 16.5. The molecule has 0 radical (unpaired) electrons. The zero-order valence-corrected chi connectivity index (χ0v) is 16.7. The van der Waals surface area contributed by atoms with Crippen LogP contribution < -0.4 is 4.74 Å². The van der Waals surface area contributed by atoms with E-state index in [0.717, 1.165) is 42.9 Å². The van der Waals surface area contributed by atoms with Gasteiger partial charge in [-0.1, -0.05) is 68.7 Å². The predicted molar refractivity (Wildman–Crippen MR) is 114 cm³/mol. The Bertz CT molecular complexity index is 732. The van der Waals surface area contributed by atoms with E-state index >= 15 is 0 Å². The number of ether oxygens (including phenoxy) is 2. The number of carboxylic acid groups (broad SMARTS) is 1. The van der Waals surface area contributed by atoms with Crippen LogP contribution in [0, 0.1) is 0 Å². The molecular formula is C24H30O4. The van der Waals surface area contributed by atoms with Crippen molar-refractivity contribution in [2.75, 3.05) is 20.3 Å². The average Bonchev–Trinajstić information content (AvgIpc) is 2.72. The number of benzene rings is 2. The Morgan fingerprint density at radius 2 is 1.32 bits per heavy atom. The molecule has 0 aromatic heterocycles. The maximum atomic E-state index is 11.0. The summed E-state index contributed by atoms with van der Waals surface area (Å²) >= 11 is 0. The van der Waals surface area contributed by atoms with Crippen LogP contribution in [-0.2, 0) is 9.53 Å². The molecule has 0 amide bonds. The summed E-state index contributed by atoms with van der Waals surface area (Å²) in [5, 5.41) is 9.00. The van der Waals surface area contributed by atoms with Gasteiger partial charge in [-0.25, -0.2) is 4.79 Å². The summed E-state index contributed by atoms with van der Waals surface area (Å²) in [5.74, 6) is -0.125. The molecule has 0 bridgehead atoms. The lowest BCUT2D eigenvalue weighted by Crippen LogP contribution is -1.98. The summed E-state index contributed by atoms with van der Waals surface area (Å²) in [6.45, 7) is 5.18. The third-order valence-corrected chi connectivity index (χ3v) is 4.69. The maximum absolute atomic E-state index is 11.0. The third kappa shape index (κ3) is 7.20. The Morgan fingerprint density at radius 1 is 0.821 bits per heavy atom. The van der Waals surface area contributed by atoms with E-state index in [1.165, 1.54) is 25.7 Å². The van der Waals surface area contributed by atoms with Gasteiger partial charge in [-0.2, -0.15) is 0 Å². The van der Waals surface area contributed by atoms with Gasteiger partial charge in [0.15, 0.2) is 0 Å². The van der Waals surface area contributed by atoms with Crippen LogP contribution in [0.25, 0.3) is 16.7 Å². The first-order chi connectivity index (χ1) is 13.6. The SMILES string of the molecule is C=C(C(=O)O)c1ccc(-c2ccc(OCCCCCCCCOC)cc2)cc1. The summed E-state index contributed by atoms with van der Waals surface area (Å²) in [7, 11) is 1.75. The van der Waals surface area contributed by atoms with Crippen LogP contribution in [0.15, 0.2) is 55.1 Å². The molecule has 0 saturated carbocycles. The first-order valence-corrected chi connectivity index (χ1v) is 9.86. The normalized spacial score (nSPS) is 10.6. The van der Waals surface area contributed by atoms with E-state index in [1.54, 1.807) is 19.2 Å². The topological polar surface area (TPSA) is 55.8 Å². The molecule has 4 heteroatoms. The van der Waals surface area contributed by atoms with Crippen molar-refractivity contribution in [1.82, 2.24) is 0 Å². The monoisotopic (exact) mass is 382 g/mol. The van der Waals surface area contributed by atoms with Crippen molar-refractivity contribution in [3.63, 3.8) is 0 Å². The van der Waals surface area contributed by atoms with Crippen molar-refractivity contribution in [1.29, 1.82) is 0 Å². The number of aliphatic carboxylic acids is 1. The van der Waals surface area contributed by atoms with Crippen molar-refractivity contribution in [3.8, 4) is 16.9 Å². The molecule has 2 aromatic carbocycles. The van der Waals surface area contributed by atoms with Gasteiger partial charge in [-0.05, 0) is 41.7 Å². The minimum Gasteiger partial charge on any atom is -0.494 e. The number of methoxy groups -OCH3 is 1. The van der Waals surface area contributed by atoms with E-state index in [0.29, 0.717) is 5.56 Å². The van der Waals surface area contributed by atoms with E-state index in [-0.39, 0.29) is 5.57 Å². The number of rotatable bonds is 13. The Kier molecular flexibility index (Phi) is 9.29. The molecule has 0 aliphatic rings. The molecular weight excluding hydrogens is 352 g/mol. The number of carbonyl (C=O) groups is 1. The summed E-state index contributed by atoms with van der Waals surface area (Å²) in [5.41, 5.74) is 2.82. The number of carboxylic acids is 1. The quantitative estimate of drug-likeness (QED) is 0.350. The molecule has 0 unspecified atom stereocenters. The van der Waals surface area contributed by atoms with Crippen molar-refractivity contribution in [2.24, 2.45) is 0 Å². The lowest BCUT2D eigenvalue weighted by molar-refractivity contribution is -0.130. The highest BCUT2D eigenvalue weighted by Gasteiger charge is 2.07. The summed E-state index contributed by atoms with van der Waals surface area (Å²) in [4.78, 5) is 11.0. The number of unbranched alkanes of at least 4 members (excludes halogenated alkanes) is 5. The molecule has 150 valence electrons. The fourth-order valence-corrected chi connectivity index (χ4v) is 2.98. The summed E-state index contributed by atoms with van der Waals surface area (Å²) in [6.07, 6.45) is 7.16. The van der Waals surface area contributed by atoms with E-state index in [4.69, 9.17) is 14.6 Å². The first-order valence-electron chi connectivity index (χ1n) is 9.86. The molecule has 0 aliphatic carbocycles. The van der Waals surface area contributed by atoms with Crippen LogP contribution in [0.4, 0.5) is 0 Å². The van der Waals surface area contributed by atoms with Gasteiger partial charge in [0.25, 0.3) is 0 Å². The molecule has 1 N–H and O–H groups in total. The van der Waals surface area contributed by atoms with Gasteiger partial charge >= 0.3 is 5.97 Å². The Hall–Kier alpha value is -2.59. The Morgan fingerprint density at radius 3 is 1.86 bits per heavy atom. The standard InChI is InChI=1S/C24H30O4/c1-19(24(25)26)20-9-11-21(12-10-20)22-13-15-23(16-14-22)28-18-8-6-4-3-5-7-17-27-2/h9-16H,1,3-8,17-18H2,2H3,(H,25,26). The van der Waals surface area contributed by atoms with Gasteiger partial charge in [-0.3, -0.25) is 0 Å². The van der Waals surface area contributed by atoms with Crippen LogP contribution in [0.3, 0.4) is 0 Å². The Labute approximate surface area is 167 Å². The highest BCUT2D eigenvalue weighted by Crippen LogP contribution is 2.24. The van der Waals surface area contributed by atoms with E-state index in [2.05, 4.69) is 6.58 Å². The average molecular weight is 383 g/mol. The predicted octanol–water partition coefficient (Wildman–Crippen LogP) is 5.82. The van der Waals surface area contributed by atoms with Crippen molar-refractivity contribution in [2.45, 2.75) is 38.5 Å². The minimum atomic E-state index is -1.000. The van der Waals surface area contributed by atoms with Crippen molar-refractivity contribution in [3.05, 3.63) is 60.7 Å². The van der Waals surface area contributed by atoms with Crippen LogP contribution in [-0.4, -0.2) is 31.4 Å². The fraction of sp³-hybridized carbons (Fsp3) is 0.375. The van der Waals surface area contributed by atoms with Gasteiger partial charge in [0.2, 0.25) is 0 Å². The second-order valence-electron chi connectivity index (χ2n) is 6.85. The molecule has 0 aliphatic heterocycles. The molecule has 2 aromatic rings. The van der Waals surface area contributed by atoms with Crippen LogP contribution >= 0.6 is 0 Å². The fourth-order valence-electron chi connectivity index (χ4n) is 2.98. The molecule has 28 heavy (non-hydrogen) atoms. The van der Waals surface area contributed by atoms with Crippen LogP contribution in [0.5, 0.6) is 5.75 Å². The lowest BCUT2D eigenvalue weighted by Gasteiger charge is -2.08. The smallest absolute Gasteiger partial charge is 0.335 e. The second-order valence-corrected chi connectivity index (χ2v) is 6.85. The molecule has 0 spiro atoms. The zero-order valence-electron chi connectivity index (χ0n) is 16.7. The highest BCUT2D eigenvalue weighted by molar-refractivity contribution is 6.14. The van der Waals surface area contributed by atoms with Gasteiger partial charge in [0.1, 0.15) is 5.75 Å². The molecule has 0 fully saturated rings.